The number of amides is 1. The number of hydrogen-bond acceptors (Lipinski definition) is 3. The van der Waals surface area contributed by atoms with Crippen molar-refractivity contribution in [1.29, 1.82) is 0 Å². The minimum Gasteiger partial charge on any atom is -0.489 e. The molecule has 0 bridgehead atoms. The van der Waals surface area contributed by atoms with E-state index in [1.54, 1.807) is 50.5 Å². The molecule has 3 aromatic carbocycles. The largest absolute Gasteiger partial charge is 0.489 e. The molecule has 5 heteroatoms. The summed E-state index contributed by atoms with van der Waals surface area (Å²) in [6, 6.07) is 19.5. The highest BCUT2D eigenvalue weighted by molar-refractivity contribution is 6.09. The van der Waals surface area contributed by atoms with Crippen LogP contribution in [0.2, 0.25) is 0 Å². The van der Waals surface area contributed by atoms with Gasteiger partial charge in [0.25, 0.3) is 5.91 Å². The van der Waals surface area contributed by atoms with Crippen LogP contribution in [0.25, 0.3) is 0 Å². The van der Waals surface area contributed by atoms with Gasteiger partial charge in [0.2, 0.25) is 0 Å². The van der Waals surface area contributed by atoms with E-state index in [-0.39, 0.29) is 17.5 Å². The second-order valence-corrected chi connectivity index (χ2v) is 6.55. The summed E-state index contributed by atoms with van der Waals surface area (Å²) >= 11 is 0. The molecule has 3 aromatic rings. The molecule has 0 aliphatic rings. The SMILES string of the molecule is CN(C)C(=O)c1ccc(COc2ccc(C(=O)c3ccc(F)cc3)cc2)cc1. The molecule has 0 unspecified atom stereocenters. The number of ether oxygens (including phenoxy) is 1. The fourth-order valence-electron chi connectivity index (χ4n) is 2.64. The zero-order valence-corrected chi connectivity index (χ0v) is 15.7. The van der Waals surface area contributed by atoms with Crippen LogP contribution >= 0.6 is 0 Å². The Morgan fingerprint density at radius 2 is 1.29 bits per heavy atom. The fourth-order valence-corrected chi connectivity index (χ4v) is 2.64. The van der Waals surface area contributed by atoms with Crippen molar-refractivity contribution in [3.63, 3.8) is 0 Å². The van der Waals surface area contributed by atoms with Crippen molar-refractivity contribution >= 4 is 11.7 Å². The second kappa shape index (κ2) is 8.48. The molecule has 0 aliphatic heterocycles. The average Bonchev–Trinajstić information content (AvgIpc) is 2.72. The van der Waals surface area contributed by atoms with Gasteiger partial charge in [0, 0.05) is 30.8 Å². The Labute approximate surface area is 163 Å². The van der Waals surface area contributed by atoms with Gasteiger partial charge in [-0.3, -0.25) is 9.59 Å². The van der Waals surface area contributed by atoms with Crippen LogP contribution in [0.15, 0.2) is 72.8 Å². The van der Waals surface area contributed by atoms with Crippen molar-refractivity contribution in [2.24, 2.45) is 0 Å². The molecule has 3 rings (SSSR count). The number of rotatable bonds is 6. The van der Waals surface area contributed by atoms with Gasteiger partial charge in [-0.05, 0) is 66.2 Å². The molecule has 28 heavy (non-hydrogen) atoms. The fraction of sp³-hybridized carbons (Fsp3) is 0.130. The Balaban J connectivity index is 1.61. The van der Waals surface area contributed by atoms with Crippen molar-refractivity contribution < 1.29 is 18.7 Å². The van der Waals surface area contributed by atoms with Gasteiger partial charge in [-0.25, -0.2) is 4.39 Å². The normalized spacial score (nSPS) is 10.4. The Kier molecular flexibility index (Phi) is 5.84. The summed E-state index contributed by atoms with van der Waals surface area (Å²) in [5, 5.41) is 0. The first-order chi connectivity index (χ1) is 13.4. The molecule has 0 heterocycles. The molecule has 0 radical (unpaired) electrons. The van der Waals surface area contributed by atoms with Crippen LogP contribution in [0.5, 0.6) is 5.75 Å². The maximum atomic E-state index is 13.0. The number of carbonyl (C=O) groups excluding carboxylic acids is 2. The lowest BCUT2D eigenvalue weighted by Gasteiger charge is -2.11. The van der Waals surface area contributed by atoms with Crippen molar-refractivity contribution in [2.45, 2.75) is 6.61 Å². The number of ketones is 1. The Morgan fingerprint density at radius 1 is 0.786 bits per heavy atom. The van der Waals surface area contributed by atoms with Crippen molar-refractivity contribution in [3.05, 3.63) is 101 Å². The predicted molar refractivity (Wildman–Crippen MR) is 105 cm³/mol. The number of hydrogen-bond donors (Lipinski definition) is 0. The first-order valence-electron chi connectivity index (χ1n) is 8.78. The summed E-state index contributed by atoms with van der Waals surface area (Å²) in [5.41, 5.74) is 2.49. The first kappa shape index (κ1) is 19.3. The third-order valence-electron chi connectivity index (χ3n) is 4.24. The smallest absolute Gasteiger partial charge is 0.253 e. The minimum atomic E-state index is -0.376. The highest BCUT2D eigenvalue weighted by Crippen LogP contribution is 2.17. The maximum Gasteiger partial charge on any atom is 0.253 e. The molecule has 0 aliphatic carbocycles. The molecule has 0 aromatic heterocycles. The van der Waals surface area contributed by atoms with Crippen LogP contribution in [0, 0.1) is 5.82 Å². The molecule has 0 spiro atoms. The van der Waals surface area contributed by atoms with E-state index < -0.39 is 0 Å². The van der Waals surface area contributed by atoms with Gasteiger partial charge in [0.05, 0.1) is 0 Å². The molecule has 4 nitrogen and oxygen atoms in total. The summed E-state index contributed by atoms with van der Waals surface area (Å²) in [7, 11) is 3.42. The number of carbonyl (C=O) groups is 2. The second-order valence-electron chi connectivity index (χ2n) is 6.55. The maximum absolute atomic E-state index is 13.0. The lowest BCUT2D eigenvalue weighted by molar-refractivity contribution is 0.0827. The van der Waals surface area contributed by atoms with E-state index in [1.807, 2.05) is 12.1 Å². The average molecular weight is 377 g/mol. The number of benzene rings is 3. The molecule has 0 atom stereocenters. The van der Waals surface area contributed by atoms with Crippen molar-refractivity contribution in [1.82, 2.24) is 4.90 Å². The van der Waals surface area contributed by atoms with Gasteiger partial charge < -0.3 is 9.64 Å². The minimum absolute atomic E-state index is 0.0473. The van der Waals surface area contributed by atoms with Gasteiger partial charge in [0.1, 0.15) is 18.2 Å². The summed E-state index contributed by atoms with van der Waals surface area (Å²) in [6.45, 7) is 0.349. The van der Waals surface area contributed by atoms with Crippen LogP contribution in [-0.2, 0) is 6.61 Å². The predicted octanol–water partition coefficient (Wildman–Crippen LogP) is 4.34. The van der Waals surface area contributed by atoms with Gasteiger partial charge in [-0.15, -0.1) is 0 Å². The van der Waals surface area contributed by atoms with E-state index >= 15 is 0 Å². The Hall–Kier alpha value is -3.47. The van der Waals surface area contributed by atoms with Gasteiger partial charge >= 0.3 is 0 Å². The summed E-state index contributed by atoms with van der Waals surface area (Å²) in [6.07, 6.45) is 0. The molecular formula is C23H20FNO3. The summed E-state index contributed by atoms with van der Waals surface area (Å²) < 4.78 is 18.7. The molecule has 0 N–H and O–H groups in total. The highest BCUT2D eigenvalue weighted by Gasteiger charge is 2.10. The van der Waals surface area contributed by atoms with Crippen LogP contribution in [0.4, 0.5) is 4.39 Å². The quantitative estimate of drug-likeness (QED) is 0.601. The molecule has 0 saturated heterocycles. The van der Waals surface area contributed by atoms with Gasteiger partial charge in [0.15, 0.2) is 5.78 Å². The third kappa shape index (κ3) is 4.62. The van der Waals surface area contributed by atoms with Crippen LogP contribution in [0.1, 0.15) is 31.8 Å². The van der Waals surface area contributed by atoms with Crippen molar-refractivity contribution in [3.8, 4) is 5.75 Å². The van der Waals surface area contributed by atoms with Crippen LogP contribution < -0.4 is 4.74 Å². The van der Waals surface area contributed by atoms with Gasteiger partial charge in [-0.2, -0.15) is 0 Å². The molecule has 142 valence electrons. The van der Waals surface area contributed by atoms with E-state index in [2.05, 4.69) is 0 Å². The van der Waals surface area contributed by atoms with E-state index in [0.29, 0.717) is 29.0 Å². The van der Waals surface area contributed by atoms with Gasteiger partial charge in [-0.1, -0.05) is 12.1 Å². The summed E-state index contributed by atoms with van der Waals surface area (Å²) in [5.74, 6) is 0.0325. The van der Waals surface area contributed by atoms with E-state index in [1.165, 1.54) is 29.2 Å². The molecule has 0 saturated carbocycles. The van der Waals surface area contributed by atoms with E-state index in [4.69, 9.17) is 4.74 Å². The zero-order valence-electron chi connectivity index (χ0n) is 15.7. The van der Waals surface area contributed by atoms with Crippen molar-refractivity contribution in [2.75, 3.05) is 14.1 Å². The molecular weight excluding hydrogens is 357 g/mol. The highest BCUT2D eigenvalue weighted by atomic mass is 19.1. The lowest BCUT2D eigenvalue weighted by atomic mass is 10.0. The Morgan fingerprint density at radius 3 is 1.82 bits per heavy atom. The monoisotopic (exact) mass is 377 g/mol. The topological polar surface area (TPSA) is 46.6 Å². The standard InChI is InChI=1S/C23H20FNO3/c1-25(2)23(27)19-5-3-16(4-6-19)15-28-21-13-9-18(10-14-21)22(26)17-7-11-20(24)12-8-17/h3-14H,15H2,1-2H3. The summed E-state index contributed by atoms with van der Waals surface area (Å²) in [4.78, 5) is 25.8. The number of halogens is 1. The number of nitrogens with zero attached hydrogens (tertiary/aromatic N) is 1. The molecule has 1 amide bonds. The lowest BCUT2D eigenvalue weighted by Crippen LogP contribution is -2.21. The van der Waals surface area contributed by atoms with E-state index in [9.17, 15) is 14.0 Å². The Bertz CT molecular complexity index is 962. The zero-order chi connectivity index (χ0) is 20.1. The van der Waals surface area contributed by atoms with Crippen LogP contribution in [-0.4, -0.2) is 30.7 Å². The van der Waals surface area contributed by atoms with Crippen LogP contribution in [0.3, 0.4) is 0 Å². The molecule has 0 fully saturated rings. The first-order valence-corrected chi connectivity index (χ1v) is 8.78. The third-order valence-corrected chi connectivity index (χ3v) is 4.24. The van der Waals surface area contributed by atoms with E-state index in [0.717, 1.165) is 5.56 Å².